The molecule has 0 unspecified atom stereocenters. The Labute approximate surface area is 90.4 Å². The van der Waals surface area contributed by atoms with Gasteiger partial charge in [0.1, 0.15) is 6.07 Å². The second-order valence-electron chi connectivity index (χ2n) is 4.24. The average molecular weight is 204 g/mol. The zero-order chi connectivity index (χ0) is 11.3. The number of anilines is 1. The summed E-state index contributed by atoms with van der Waals surface area (Å²) in [5, 5.41) is 12.0. The van der Waals surface area contributed by atoms with E-state index in [1.165, 1.54) is 6.20 Å². The average Bonchev–Trinajstić information content (AvgIpc) is 2.27. The van der Waals surface area contributed by atoms with Crippen molar-refractivity contribution in [1.82, 2.24) is 9.97 Å². The van der Waals surface area contributed by atoms with Gasteiger partial charge < -0.3 is 5.32 Å². The molecule has 4 nitrogen and oxygen atoms in total. The molecule has 1 aromatic rings. The molecule has 0 saturated heterocycles. The van der Waals surface area contributed by atoms with Crippen LogP contribution in [-0.2, 0) is 0 Å². The largest absolute Gasteiger partial charge is 0.367 e. The zero-order valence-corrected chi connectivity index (χ0v) is 9.41. The van der Waals surface area contributed by atoms with Gasteiger partial charge in [-0.1, -0.05) is 20.8 Å². The topological polar surface area (TPSA) is 61.6 Å². The fraction of sp³-hybridized carbons (Fsp3) is 0.545. The molecule has 1 heterocycles. The summed E-state index contributed by atoms with van der Waals surface area (Å²) < 4.78 is 0. The maximum absolute atomic E-state index is 8.81. The van der Waals surface area contributed by atoms with Crippen LogP contribution in [0.3, 0.4) is 0 Å². The van der Waals surface area contributed by atoms with E-state index in [1.807, 2.05) is 6.07 Å². The normalized spacial score (nSPS) is 10.8. The summed E-state index contributed by atoms with van der Waals surface area (Å²) in [4.78, 5) is 8.03. The van der Waals surface area contributed by atoms with Crippen LogP contribution >= 0.6 is 0 Å². The van der Waals surface area contributed by atoms with E-state index in [0.717, 1.165) is 13.0 Å². The molecule has 1 N–H and O–H groups in total. The van der Waals surface area contributed by atoms with E-state index in [4.69, 9.17) is 5.26 Å². The summed E-state index contributed by atoms with van der Waals surface area (Å²) in [5.74, 6) is 0.571. The Kier molecular flexibility index (Phi) is 3.62. The summed E-state index contributed by atoms with van der Waals surface area (Å²) >= 11 is 0. The SMILES string of the molecule is CCC(C)(C)CNc1nccnc1C#N. The van der Waals surface area contributed by atoms with Gasteiger partial charge in [-0.15, -0.1) is 0 Å². The lowest BCUT2D eigenvalue weighted by atomic mass is 9.90. The van der Waals surface area contributed by atoms with Crippen LogP contribution in [0.5, 0.6) is 0 Å². The van der Waals surface area contributed by atoms with Gasteiger partial charge in [-0.05, 0) is 11.8 Å². The summed E-state index contributed by atoms with van der Waals surface area (Å²) in [6, 6.07) is 2.01. The minimum atomic E-state index is 0.199. The van der Waals surface area contributed by atoms with E-state index in [1.54, 1.807) is 6.20 Å². The highest BCUT2D eigenvalue weighted by molar-refractivity contribution is 5.46. The molecule has 80 valence electrons. The predicted molar refractivity (Wildman–Crippen MR) is 59.3 cm³/mol. The lowest BCUT2D eigenvalue weighted by molar-refractivity contribution is 0.376. The Bertz CT molecular complexity index is 365. The molecule has 0 aromatic carbocycles. The van der Waals surface area contributed by atoms with Gasteiger partial charge in [-0.25, -0.2) is 9.97 Å². The van der Waals surface area contributed by atoms with Crippen LogP contribution in [0.25, 0.3) is 0 Å². The van der Waals surface area contributed by atoms with Crippen molar-refractivity contribution in [3.8, 4) is 6.07 Å². The van der Waals surface area contributed by atoms with E-state index in [9.17, 15) is 0 Å². The fourth-order valence-electron chi connectivity index (χ4n) is 0.997. The lowest BCUT2D eigenvalue weighted by Gasteiger charge is -2.23. The molecule has 1 rings (SSSR count). The molecule has 0 fully saturated rings. The third-order valence-electron chi connectivity index (χ3n) is 2.50. The second-order valence-corrected chi connectivity index (χ2v) is 4.24. The van der Waals surface area contributed by atoms with Crippen molar-refractivity contribution in [2.24, 2.45) is 5.41 Å². The van der Waals surface area contributed by atoms with Gasteiger partial charge in [-0.2, -0.15) is 5.26 Å². The number of hydrogen-bond donors (Lipinski definition) is 1. The van der Waals surface area contributed by atoms with Crippen molar-refractivity contribution < 1.29 is 0 Å². The van der Waals surface area contributed by atoms with Crippen LogP contribution in [0.1, 0.15) is 32.9 Å². The number of hydrogen-bond acceptors (Lipinski definition) is 4. The quantitative estimate of drug-likeness (QED) is 0.816. The van der Waals surface area contributed by atoms with Crippen molar-refractivity contribution in [1.29, 1.82) is 5.26 Å². The van der Waals surface area contributed by atoms with Crippen LogP contribution < -0.4 is 5.32 Å². The maximum Gasteiger partial charge on any atom is 0.182 e. The summed E-state index contributed by atoms with van der Waals surface area (Å²) in [7, 11) is 0. The van der Waals surface area contributed by atoms with Crippen LogP contribution in [0.4, 0.5) is 5.82 Å². The Morgan fingerprint density at radius 2 is 2.07 bits per heavy atom. The molecule has 0 radical (unpaired) electrons. The minimum Gasteiger partial charge on any atom is -0.367 e. The number of aromatic nitrogens is 2. The third kappa shape index (κ3) is 3.21. The number of rotatable bonds is 4. The molecule has 0 amide bonds. The first-order valence-corrected chi connectivity index (χ1v) is 5.04. The Hall–Kier alpha value is -1.63. The van der Waals surface area contributed by atoms with Crippen LogP contribution in [0.2, 0.25) is 0 Å². The van der Waals surface area contributed by atoms with Crippen molar-refractivity contribution in [2.45, 2.75) is 27.2 Å². The second kappa shape index (κ2) is 4.74. The molecular weight excluding hydrogens is 188 g/mol. The minimum absolute atomic E-state index is 0.199. The zero-order valence-electron chi connectivity index (χ0n) is 9.41. The molecule has 0 aliphatic rings. The van der Waals surface area contributed by atoms with Crippen LogP contribution in [0.15, 0.2) is 12.4 Å². The summed E-state index contributed by atoms with van der Waals surface area (Å²) in [6.07, 6.45) is 4.18. The van der Waals surface area contributed by atoms with Crippen LogP contribution in [-0.4, -0.2) is 16.5 Å². The van der Waals surface area contributed by atoms with Crippen molar-refractivity contribution in [3.63, 3.8) is 0 Å². The predicted octanol–water partition coefficient (Wildman–Crippen LogP) is 2.20. The lowest BCUT2D eigenvalue weighted by Crippen LogP contribution is -2.23. The molecule has 1 aromatic heterocycles. The molecule has 0 atom stereocenters. The van der Waals surface area contributed by atoms with Crippen LogP contribution in [0, 0.1) is 16.7 Å². The molecule has 0 aliphatic carbocycles. The monoisotopic (exact) mass is 204 g/mol. The van der Waals surface area contributed by atoms with Gasteiger partial charge in [0.05, 0.1) is 0 Å². The maximum atomic E-state index is 8.81. The van der Waals surface area contributed by atoms with Gasteiger partial charge in [0.25, 0.3) is 0 Å². The van der Waals surface area contributed by atoms with Crippen molar-refractivity contribution in [3.05, 3.63) is 18.1 Å². The van der Waals surface area contributed by atoms with Crippen molar-refractivity contribution in [2.75, 3.05) is 11.9 Å². The standard InChI is InChI=1S/C11H16N4/c1-4-11(2,3)8-15-10-9(7-12)13-5-6-14-10/h5-6H,4,8H2,1-3H3,(H,14,15). The highest BCUT2D eigenvalue weighted by Gasteiger charge is 2.15. The van der Waals surface area contributed by atoms with E-state index in [2.05, 4.69) is 36.1 Å². The Morgan fingerprint density at radius 3 is 2.67 bits per heavy atom. The highest BCUT2D eigenvalue weighted by Crippen LogP contribution is 2.20. The Morgan fingerprint density at radius 1 is 1.40 bits per heavy atom. The molecule has 0 saturated carbocycles. The van der Waals surface area contributed by atoms with E-state index in [-0.39, 0.29) is 5.41 Å². The molecule has 15 heavy (non-hydrogen) atoms. The van der Waals surface area contributed by atoms with Gasteiger partial charge in [0, 0.05) is 18.9 Å². The van der Waals surface area contributed by atoms with Gasteiger partial charge in [0.2, 0.25) is 0 Å². The van der Waals surface area contributed by atoms with E-state index >= 15 is 0 Å². The Balaban J connectivity index is 2.70. The number of nitrogens with one attached hydrogen (secondary N) is 1. The van der Waals surface area contributed by atoms with Gasteiger partial charge >= 0.3 is 0 Å². The van der Waals surface area contributed by atoms with E-state index < -0.39 is 0 Å². The molecule has 0 bridgehead atoms. The first-order chi connectivity index (χ1) is 7.09. The summed E-state index contributed by atoms with van der Waals surface area (Å²) in [6.45, 7) is 7.27. The number of nitriles is 1. The highest BCUT2D eigenvalue weighted by atomic mass is 15.0. The third-order valence-corrected chi connectivity index (χ3v) is 2.50. The smallest absolute Gasteiger partial charge is 0.182 e. The number of nitrogens with zero attached hydrogens (tertiary/aromatic N) is 3. The molecular formula is C11H16N4. The van der Waals surface area contributed by atoms with Gasteiger partial charge in [0.15, 0.2) is 11.5 Å². The molecule has 4 heteroatoms. The fourth-order valence-corrected chi connectivity index (χ4v) is 0.997. The van der Waals surface area contributed by atoms with Crippen molar-refractivity contribution >= 4 is 5.82 Å². The summed E-state index contributed by atoms with van der Waals surface area (Å²) in [5.41, 5.74) is 0.550. The first kappa shape index (κ1) is 11.4. The van der Waals surface area contributed by atoms with E-state index in [0.29, 0.717) is 11.5 Å². The van der Waals surface area contributed by atoms with Gasteiger partial charge in [-0.3, -0.25) is 0 Å². The molecule has 0 spiro atoms. The molecule has 0 aliphatic heterocycles. The first-order valence-electron chi connectivity index (χ1n) is 5.04.